The number of aryl methyl sites for hydroxylation is 2. The van der Waals surface area contributed by atoms with Crippen LogP contribution >= 0.6 is 0 Å². The third kappa shape index (κ3) is 5.93. The molecule has 9 heteroatoms. The van der Waals surface area contributed by atoms with E-state index in [-0.39, 0.29) is 18.1 Å². The summed E-state index contributed by atoms with van der Waals surface area (Å²) in [6.07, 6.45) is 2.91. The summed E-state index contributed by atoms with van der Waals surface area (Å²) in [7, 11) is 2.91. The summed E-state index contributed by atoms with van der Waals surface area (Å²) in [6, 6.07) is 8.41. The van der Waals surface area contributed by atoms with Crippen molar-refractivity contribution in [2.75, 3.05) is 14.2 Å². The highest BCUT2D eigenvalue weighted by Crippen LogP contribution is 2.36. The Morgan fingerprint density at radius 1 is 1.24 bits per heavy atom. The molecule has 0 aliphatic rings. The average molecular weight is 401 g/mol. The van der Waals surface area contributed by atoms with Gasteiger partial charge in [-0.25, -0.2) is 5.43 Å². The van der Waals surface area contributed by atoms with Crippen molar-refractivity contribution < 1.29 is 24.3 Å². The van der Waals surface area contributed by atoms with Crippen LogP contribution in [-0.2, 0) is 11.2 Å². The fourth-order valence-corrected chi connectivity index (χ4v) is 2.77. The Morgan fingerprint density at radius 2 is 1.97 bits per heavy atom. The summed E-state index contributed by atoms with van der Waals surface area (Å²) in [4.78, 5) is 22.2. The van der Waals surface area contributed by atoms with Crippen LogP contribution in [0.3, 0.4) is 0 Å². The Bertz CT molecular complexity index is 927. The van der Waals surface area contributed by atoms with Crippen molar-refractivity contribution in [3.63, 3.8) is 0 Å². The Balaban J connectivity index is 1.89. The van der Waals surface area contributed by atoms with Gasteiger partial charge in [0.1, 0.15) is 5.75 Å². The van der Waals surface area contributed by atoms with E-state index in [2.05, 4.69) is 10.5 Å². The topological polar surface area (TPSA) is 123 Å². The fourth-order valence-electron chi connectivity index (χ4n) is 2.77. The number of carbonyl (C=O) groups excluding carboxylic acids is 1. The summed E-state index contributed by atoms with van der Waals surface area (Å²) in [5.41, 5.74) is 4.34. The quantitative estimate of drug-likeness (QED) is 0.378. The third-order valence-electron chi connectivity index (χ3n) is 4.23. The summed E-state index contributed by atoms with van der Waals surface area (Å²) >= 11 is 0. The van der Waals surface area contributed by atoms with E-state index >= 15 is 0 Å². The van der Waals surface area contributed by atoms with Crippen LogP contribution < -0.4 is 14.9 Å². The number of phenols is 1. The van der Waals surface area contributed by atoms with Crippen LogP contribution in [0.2, 0.25) is 0 Å². The summed E-state index contributed by atoms with van der Waals surface area (Å²) < 4.78 is 10.1. The Kier molecular flexibility index (Phi) is 7.53. The molecule has 154 valence electrons. The maximum absolute atomic E-state index is 11.9. The van der Waals surface area contributed by atoms with E-state index in [1.807, 2.05) is 25.1 Å². The lowest BCUT2D eigenvalue weighted by Gasteiger charge is -2.07. The van der Waals surface area contributed by atoms with Crippen LogP contribution in [-0.4, -0.2) is 36.4 Å². The summed E-state index contributed by atoms with van der Waals surface area (Å²) in [6.45, 7) is 1.96. The SMILES string of the molecule is COc1ccc(CCCC(=O)N/N=C\c2cc(OC)c(O)c([N+](=O)[O-])c2)cc1C. The van der Waals surface area contributed by atoms with E-state index in [0.29, 0.717) is 12.0 Å². The van der Waals surface area contributed by atoms with Crippen LogP contribution in [0.25, 0.3) is 0 Å². The molecule has 2 rings (SSSR count). The second-order valence-corrected chi connectivity index (χ2v) is 6.30. The van der Waals surface area contributed by atoms with E-state index in [1.165, 1.54) is 19.4 Å². The highest BCUT2D eigenvalue weighted by molar-refractivity contribution is 5.84. The minimum absolute atomic E-state index is 0.0539. The number of nitrogens with zero attached hydrogens (tertiary/aromatic N) is 2. The molecule has 0 unspecified atom stereocenters. The van der Waals surface area contributed by atoms with E-state index in [9.17, 15) is 20.0 Å². The molecule has 0 aliphatic carbocycles. The van der Waals surface area contributed by atoms with Gasteiger partial charge in [0.05, 0.1) is 25.4 Å². The average Bonchev–Trinajstić information content (AvgIpc) is 2.69. The second kappa shape index (κ2) is 10.1. The fraction of sp³-hybridized carbons (Fsp3) is 0.300. The van der Waals surface area contributed by atoms with Crippen LogP contribution in [0.15, 0.2) is 35.4 Å². The molecular formula is C20H23N3O6. The van der Waals surface area contributed by atoms with Gasteiger partial charge in [0.25, 0.3) is 0 Å². The number of amides is 1. The molecule has 0 saturated heterocycles. The molecule has 0 bridgehead atoms. The number of carbonyl (C=O) groups is 1. The minimum Gasteiger partial charge on any atom is -0.500 e. The molecule has 2 aromatic carbocycles. The first-order valence-corrected chi connectivity index (χ1v) is 8.86. The van der Waals surface area contributed by atoms with Gasteiger partial charge >= 0.3 is 5.69 Å². The molecule has 0 aromatic heterocycles. The van der Waals surface area contributed by atoms with E-state index < -0.39 is 16.4 Å². The van der Waals surface area contributed by atoms with Crippen LogP contribution in [0.4, 0.5) is 5.69 Å². The first kappa shape index (κ1) is 21.7. The molecule has 29 heavy (non-hydrogen) atoms. The van der Waals surface area contributed by atoms with Crippen molar-refractivity contribution >= 4 is 17.8 Å². The number of hydrazone groups is 1. The van der Waals surface area contributed by atoms with Gasteiger partial charge in [-0.2, -0.15) is 5.10 Å². The summed E-state index contributed by atoms with van der Waals surface area (Å²) in [5, 5.41) is 24.5. The largest absolute Gasteiger partial charge is 0.500 e. The number of nitro groups is 1. The molecule has 0 fully saturated rings. The van der Waals surface area contributed by atoms with Gasteiger partial charge in [-0.15, -0.1) is 0 Å². The van der Waals surface area contributed by atoms with Crippen LogP contribution in [0.5, 0.6) is 17.2 Å². The van der Waals surface area contributed by atoms with Gasteiger partial charge in [-0.1, -0.05) is 12.1 Å². The van der Waals surface area contributed by atoms with Crippen molar-refractivity contribution in [1.29, 1.82) is 0 Å². The first-order valence-electron chi connectivity index (χ1n) is 8.86. The number of nitrogens with one attached hydrogen (secondary N) is 1. The van der Waals surface area contributed by atoms with Gasteiger partial charge in [-0.3, -0.25) is 14.9 Å². The zero-order chi connectivity index (χ0) is 21.4. The maximum atomic E-state index is 11.9. The number of ether oxygens (including phenoxy) is 2. The van der Waals surface area contributed by atoms with Crippen molar-refractivity contribution in [3.05, 3.63) is 57.1 Å². The molecule has 0 atom stereocenters. The molecule has 0 heterocycles. The third-order valence-corrected chi connectivity index (χ3v) is 4.23. The van der Waals surface area contributed by atoms with Crippen LogP contribution in [0.1, 0.15) is 29.5 Å². The smallest absolute Gasteiger partial charge is 0.315 e. The van der Waals surface area contributed by atoms with Gasteiger partial charge in [0.15, 0.2) is 5.75 Å². The molecule has 0 saturated carbocycles. The normalized spacial score (nSPS) is 10.7. The highest BCUT2D eigenvalue weighted by Gasteiger charge is 2.19. The highest BCUT2D eigenvalue weighted by atomic mass is 16.6. The Labute approximate surface area is 168 Å². The lowest BCUT2D eigenvalue weighted by atomic mass is 10.1. The zero-order valence-corrected chi connectivity index (χ0v) is 16.5. The monoisotopic (exact) mass is 401 g/mol. The number of hydrogen-bond donors (Lipinski definition) is 2. The Morgan fingerprint density at radius 3 is 2.59 bits per heavy atom. The minimum atomic E-state index is -0.728. The maximum Gasteiger partial charge on any atom is 0.315 e. The first-order chi connectivity index (χ1) is 13.8. The van der Waals surface area contributed by atoms with Gasteiger partial charge < -0.3 is 14.6 Å². The zero-order valence-electron chi connectivity index (χ0n) is 16.5. The van der Waals surface area contributed by atoms with Crippen molar-refractivity contribution in [2.24, 2.45) is 5.10 Å². The lowest BCUT2D eigenvalue weighted by Crippen LogP contribution is -2.17. The second-order valence-electron chi connectivity index (χ2n) is 6.30. The number of nitro benzene ring substituents is 1. The molecule has 2 aromatic rings. The van der Waals surface area contributed by atoms with E-state index in [1.54, 1.807) is 7.11 Å². The summed E-state index contributed by atoms with van der Waals surface area (Å²) in [5.74, 6) is -0.0622. The molecule has 0 radical (unpaired) electrons. The van der Waals surface area contributed by atoms with Crippen molar-refractivity contribution in [1.82, 2.24) is 5.43 Å². The van der Waals surface area contributed by atoms with E-state index in [0.717, 1.165) is 29.4 Å². The van der Waals surface area contributed by atoms with Crippen LogP contribution in [0, 0.1) is 17.0 Å². The predicted octanol–water partition coefficient (Wildman–Crippen LogP) is 3.10. The number of benzene rings is 2. The number of hydrogen-bond acceptors (Lipinski definition) is 7. The molecule has 9 nitrogen and oxygen atoms in total. The number of rotatable bonds is 9. The molecule has 1 amide bonds. The number of aromatic hydroxyl groups is 1. The predicted molar refractivity (Wildman–Crippen MR) is 108 cm³/mol. The van der Waals surface area contributed by atoms with E-state index in [4.69, 9.17) is 9.47 Å². The number of phenolic OH excluding ortho intramolecular Hbond substituents is 1. The molecule has 0 spiro atoms. The van der Waals surface area contributed by atoms with Gasteiger partial charge in [0.2, 0.25) is 11.7 Å². The molecule has 0 aliphatic heterocycles. The lowest BCUT2D eigenvalue weighted by molar-refractivity contribution is -0.386. The standard InChI is InChI=1S/C20H23N3O6/c1-13-9-14(7-8-17(13)28-2)5-4-6-19(24)22-21-12-15-10-16(23(26)27)20(25)18(11-15)29-3/h7-12,25H,4-6H2,1-3H3,(H,22,24)/b21-12-. The van der Waals surface area contributed by atoms with Gasteiger partial charge in [0, 0.05) is 18.1 Å². The number of methoxy groups -OCH3 is 2. The van der Waals surface area contributed by atoms with Crippen molar-refractivity contribution in [3.8, 4) is 17.2 Å². The van der Waals surface area contributed by atoms with Crippen molar-refractivity contribution in [2.45, 2.75) is 26.2 Å². The van der Waals surface area contributed by atoms with Gasteiger partial charge in [-0.05, 0) is 43.0 Å². The molecular weight excluding hydrogens is 378 g/mol. The molecule has 2 N–H and O–H groups in total. The Hall–Kier alpha value is -3.62.